The molecule has 0 saturated heterocycles. The molecule has 1 aromatic rings. The van der Waals surface area contributed by atoms with Crippen LogP contribution in [0.5, 0.6) is 0 Å². The molecule has 0 fully saturated rings. The predicted octanol–water partition coefficient (Wildman–Crippen LogP) is -5.13. The fraction of sp³-hybridized carbons (Fsp3) is 0.571. The Morgan fingerprint density at radius 2 is 1.65 bits per heavy atom. The molecule has 7 unspecified atom stereocenters. The van der Waals surface area contributed by atoms with Gasteiger partial charge < -0.3 is 48.3 Å². The van der Waals surface area contributed by atoms with E-state index in [4.69, 9.17) is 16.9 Å². The molecular weight excluding hydrogens is 532 g/mol. The van der Waals surface area contributed by atoms with Crippen LogP contribution in [-0.2, 0) is 24.0 Å². The molecule has 2 heterocycles. The maximum atomic E-state index is 13.1. The number of carboxylic acid groups (broad SMARTS) is 1. The number of carbonyl (C=O) groups excluding carboxylic acids is 4. The molecule has 1 aromatic heterocycles. The Hall–Kier alpha value is -4.49. The number of tetrazole rings is 1. The van der Waals surface area contributed by atoms with Crippen molar-refractivity contribution in [2.75, 3.05) is 6.54 Å². The monoisotopic (exact) mass is 566 g/mol. The first-order valence-corrected chi connectivity index (χ1v) is 12.1. The number of aromatic nitrogens is 4. The van der Waals surface area contributed by atoms with E-state index in [2.05, 4.69) is 47.2 Å². The minimum atomic E-state index is -1.63. The number of aromatic amines is 1. The second-order valence-electron chi connectivity index (χ2n) is 9.12. The Labute approximate surface area is 227 Å². The van der Waals surface area contributed by atoms with Gasteiger partial charge in [-0.15, -0.1) is 10.2 Å². The normalized spacial score (nSPS) is 19.1. The van der Waals surface area contributed by atoms with Crippen molar-refractivity contribution in [2.45, 2.75) is 69.5 Å². The van der Waals surface area contributed by atoms with Crippen molar-refractivity contribution in [3.63, 3.8) is 0 Å². The van der Waals surface area contributed by atoms with E-state index >= 15 is 0 Å². The van der Waals surface area contributed by atoms with Gasteiger partial charge in [-0.25, -0.2) is 4.79 Å². The first-order valence-electron chi connectivity index (χ1n) is 12.1. The molecule has 1 aliphatic heterocycles. The summed E-state index contributed by atoms with van der Waals surface area (Å²) in [5.41, 5.74) is 11.8. The summed E-state index contributed by atoms with van der Waals surface area (Å²) in [6.07, 6.45) is 0.420. The average molecular weight is 567 g/mol. The molecule has 0 radical (unpaired) electrons. The number of aliphatic carboxylic acids is 1. The van der Waals surface area contributed by atoms with Crippen LogP contribution in [0.15, 0.2) is 11.6 Å². The Kier molecular flexibility index (Phi) is 11.1. The highest BCUT2D eigenvalue weighted by atomic mass is 16.4. The quantitative estimate of drug-likeness (QED) is 0.0571. The summed E-state index contributed by atoms with van der Waals surface area (Å²) in [6, 6.07) is -7.31. The highest BCUT2D eigenvalue weighted by Gasteiger charge is 2.33. The van der Waals surface area contributed by atoms with Crippen molar-refractivity contribution in [1.82, 2.24) is 47.2 Å². The molecule has 40 heavy (non-hydrogen) atoms. The molecule has 7 atom stereocenters. The molecule has 2 rings (SSSR count). The van der Waals surface area contributed by atoms with Gasteiger partial charge in [0.2, 0.25) is 29.5 Å². The van der Waals surface area contributed by atoms with Crippen LogP contribution < -0.4 is 38.1 Å². The number of nitrogens with one attached hydrogen (secondary N) is 7. The number of amides is 4. The molecule has 19 nitrogen and oxygen atoms in total. The van der Waals surface area contributed by atoms with Gasteiger partial charge in [0.15, 0.2) is 6.04 Å². The smallest absolute Gasteiger partial charge is 0.334 e. The van der Waals surface area contributed by atoms with E-state index in [9.17, 15) is 34.2 Å². The summed E-state index contributed by atoms with van der Waals surface area (Å²) in [6.45, 7) is 4.30. The van der Waals surface area contributed by atoms with Crippen LogP contribution in [0.25, 0.3) is 0 Å². The Morgan fingerprint density at radius 3 is 2.17 bits per heavy atom. The topological polar surface area (TPSA) is 316 Å². The van der Waals surface area contributed by atoms with E-state index in [1.807, 2.05) is 0 Å². The Bertz CT molecular complexity index is 1140. The summed E-state index contributed by atoms with van der Waals surface area (Å²) in [5, 5.41) is 51.4. The largest absolute Gasteiger partial charge is 0.479 e. The number of hydrogen-bond donors (Lipinski definition) is 11. The third-order valence-corrected chi connectivity index (χ3v) is 5.92. The zero-order valence-corrected chi connectivity index (χ0v) is 22.0. The van der Waals surface area contributed by atoms with Gasteiger partial charge in [-0.05, 0) is 32.8 Å². The summed E-state index contributed by atoms with van der Waals surface area (Å²) in [5.74, 6) is -5.24. The lowest BCUT2D eigenvalue weighted by Gasteiger charge is -2.25. The summed E-state index contributed by atoms with van der Waals surface area (Å²) >= 11 is 0. The maximum Gasteiger partial charge on any atom is 0.334 e. The molecule has 0 bridgehead atoms. The van der Waals surface area contributed by atoms with Crippen molar-refractivity contribution in [1.29, 1.82) is 5.41 Å². The number of carboxylic acids is 1. The van der Waals surface area contributed by atoms with Gasteiger partial charge in [-0.1, -0.05) is 11.3 Å². The number of nitrogens with zero attached hydrogens (tertiary/aromatic N) is 3. The SMILES string of the molecule is CC(NC(=O)C(C)NC(=O)C(CC1=CCNC1C(=N)N)NC(=O)C(N)C(C)O)C(=O)NC(C(=O)O)c1nn[nH]n1. The molecule has 4 amide bonds. The molecular formula is C21H34N12O7. The first-order chi connectivity index (χ1) is 18.7. The van der Waals surface area contributed by atoms with Crippen LogP contribution in [0.3, 0.4) is 0 Å². The molecule has 220 valence electrons. The van der Waals surface area contributed by atoms with E-state index in [1.54, 1.807) is 6.08 Å². The number of nitrogens with two attached hydrogens (primary N) is 2. The van der Waals surface area contributed by atoms with E-state index in [0.29, 0.717) is 12.1 Å². The molecule has 0 spiro atoms. The molecule has 13 N–H and O–H groups in total. The third kappa shape index (κ3) is 8.51. The van der Waals surface area contributed by atoms with E-state index in [0.717, 1.165) is 0 Å². The number of rotatable bonds is 14. The zero-order valence-electron chi connectivity index (χ0n) is 22.0. The summed E-state index contributed by atoms with van der Waals surface area (Å²) in [4.78, 5) is 62.2. The van der Waals surface area contributed by atoms with E-state index in [-0.39, 0.29) is 18.1 Å². The fourth-order valence-electron chi connectivity index (χ4n) is 3.58. The third-order valence-electron chi connectivity index (χ3n) is 5.92. The van der Waals surface area contributed by atoms with Crippen LogP contribution in [0.4, 0.5) is 0 Å². The summed E-state index contributed by atoms with van der Waals surface area (Å²) < 4.78 is 0. The second kappa shape index (κ2) is 14.1. The Balaban J connectivity index is 2.06. The minimum absolute atomic E-state index is 0.0822. The number of hydrogen-bond acceptors (Lipinski definition) is 12. The highest BCUT2D eigenvalue weighted by molar-refractivity contribution is 5.95. The molecule has 0 aliphatic carbocycles. The van der Waals surface area contributed by atoms with E-state index in [1.165, 1.54) is 20.8 Å². The van der Waals surface area contributed by atoms with E-state index < -0.39 is 72.0 Å². The molecule has 0 aromatic carbocycles. The van der Waals surface area contributed by atoms with Crippen LogP contribution in [0, 0.1) is 5.41 Å². The lowest BCUT2D eigenvalue weighted by atomic mass is 9.98. The number of aliphatic hydroxyl groups excluding tert-OH is 1. The van der Waals surface area contributed by atoms with Crippen molar-refractivity contribution in [3.8, 4) is 0 Å². The van der Waals surface area contributed by atoms with Gasteiger partial charge in [0.05, 0.1) is 12.1 Å². The van der Waals surface area contributed by atoms with Crippen molar-refractivity contribution < 1.29 is 34.2 Å². The van der Waals surface area contributed by atoms with Gasteiger partial charge in [0, 0.05) is 6.54 Å². The number of H-pyrrole nitrogens is 1. The van der Waals surface area contributed by atoms with Gasteiger partial charge in [-0.3, -0.25) is 24.6 Å². The summed E-state index contributed by atoms with van der Waals surface area (Å²) in [7, 11) is 0. The van der Waals surface area contributed by atoms with Crippen molar-refractivity contribution in [2.24, 2.45) is 11.5 Å². The van der Waals surface area contributed by atoms with Crippen molar-refractivity contribution in [3.05, 3.63) is 17.5 Å². The van der Waals surface area contributed by atoms with Gasteiger partial charge >= 0.3 is 5.97 Å². The van der Waals surface area contributed by atoms with Gasteiger partial charge in [-0.2, -0.15) is 5.21 Å². The number of amidine groups is 1. The second-order valence-corrected chi connectivity index (χ2v) is 9.12. The minimum Gasteiger partial charge on any atom is -0.479 e. The highest BCUT2D eigenvalue weighted by Crippen LogP contribution is 2.16. The zero-order chi connectivity index (χ0) is 30.1. The lowest BCUT2D eigenvalue weighted by molar-refractivity contribution is -0.142. The lowest BCUT2D eigenvalue weighted by Crippen LogP contribution is -2.58. The van der Waals surface area contributed by atoms with Crippen LogP contribution in [0.1, 0.15) is 39.1 Å². The predicted molar refractivity (Wildman–Crippen MR) is 136 cm³/mol. The van der Waals surface area contributed by atoms with Crippen LogP contribution in [0.2, 0.25) is 0 Å². The molecule has 1 aliphatic rings. The van der Waals surface area contributed by atoms with Gasteiger partial charge in [0.25, 0.3) is 0 Å². The average Bonchev–Trinajstić information content (AvgIpc) is 3.58. The van der Waals surface area contributed by atoms with Crippen LogP contribution >= 0.6 is 0 Å². The number of aliphatic hydroxyl groups is 1. The Morgan fingerprint density at radius 1 is 1.05 bits per heavy atom. The van der Waals surface area contributed by atoms with Gasteiger partial charge in [0.1, 0.15) is 30.0 Å². The fourth-order valence-corrected chi connectivity index (χ4v) is 3.58. The molecule has 0 saturated carbocycles. The molecule has 19 heteroatoms. The maximum absolute atomic E-state index is 13.1. The van der Waals surface area contributed by atoms with Crippen molar-refractivity contribution >= 4 is 35.4 Å². The number of carbonyl (C=O) groups is 5. The van der Waals surface area contributed by atoms with Crippen LogP contribution in [-0.4, -0.2) is 109 Å². The standard InChI is InChI=1S/C21H34N12O7/c1-7(17(35)26-8(2)18(36)29-14(21(39)40)16-30-32-33-31-16)27-19(37)11(28-20(38)12(22)9(3)34)6-10-4-5-25-13(10)15(23)24/h4,7-9,11-14,25,34H,5-6,22H2,1-3H3,(H3,23,24)(H,26,35)(H,27,37)(H,28,38)(H,29,36)(H,39,40)(H,30,31,32,33). The first kappa shape index (κ1) is 31.7.